The van der Waals surface area contributed by atoms with Gasteiger partial charge in [-0.15, -0.1) is 0 Å². The predicted octanol–water partition coefficient (Wildman–Crippen LogP) is 2.50. The van der Waals surface area contributed by atoms with Gasteiger partial charge >= 0.3 is 0 Å². The van der Waals surface area contributed by atoms with Gasteiger partial charge in [0.2, 0.25) is 5.91 Å². The Morgan fingerprint density at radius 2 is 2.00 bits per heavy atom. The Labute approximate surface area is 163 Å². The molecule has 150 valence electrons. The van der Waals surface area contributed by atoms with Crippen molar-refractivity contribution in [1.29, 1.82) is 0 Å². The molecule has 2 N–H and O–H groups in total. The highest BCUT2D eigenvalue weighted by Gasteiger charge is 2.27. The van der Waals surface area contributed by atoms with Crippen molar-refractivity contribution in [2.45, 2.75) is 39.2 Å². The maximum absolute atomic E-state index is 11.7. The average Bonchev–Trinajstić information content (AvgIpc) is 2.67. The lowest BCUT2D eigenvalue weighted by Crippen LogP contribution is -2.40. The molecule has 1 heterocycles. The van der Waals surface area contributed by atoms with Crippen LogP contribution in [0.3, 0.4) is 0 Å². The Morgan fingerprint density at radius 1 is 1.26 bits per heavy atom. The second-order valence-electron chi connectivity index (χ2n) is 7.29. The van der Waals surface area contributed by atoms with Crippen LogP contribution in [0.25, 0.3) is 0 Å². The summed E-state index contributed by atoms with van der Waals surface area (Å²) < 4.78 is 6.09. The summed E-state index contributed by atoms with van der Waals surface area (Å²) in [5.74, 6) is 1.23. The SMILES string of the molecule is CCNC(=NCC1CCCOC1c1ccc(C)cc1)NCCC(=O)N(C)C. The number of aryl methyl sites for hydroxylation is 1. The zero-order valence-electron chi connectivity index (χ0n) is 17.1. The van der Waals surface area contributed by atoms with E-state index in [0.717, 1.165) is 32.0 Å². The lowest BCUT2D eigenvalue weighted by molar-refractivity contribution is -0.128. The minimum absolute atomic E-state index is 0.0984. The maximum Gasteiger partial charge on any atom is 0.223 e. The number of rotatable bonds is 7. The smallest absolute Gasteiger partial charge is 0.223 e. The third kappa shape index (κ3) is 6.86. The number of aliphatic imine (C=N–C) groups is 1. The van der Waals surface area contributed by atoms with Crippen LogP contribution in [0.5, 0.6) is 0 Å². The van der Waals surface area contributed by atoms with Crippen molar-refractivity contribution in [3.63, 3.8) is 0 Å². The molecule has 0 aliphatic carbocycles. The minimum Gasteiger partial charge on any atom is -0.373 e. The van der Waals surface area contributed by atoms with Crippen LogP contribution in [0.4, 0.5) is 0 Å². The second-order valence-corrected chi connectivity index (χ2v) is 7.29. The van der Waals surface area contributed by atoms with E-state index in [1.165, 1.54) is 11.1 Å². The molecule has 1 aromatic rings. The number of guanidine groups is 1. The molecule has 2 rings (SSSR count). The van der Waals surface area contributed by atoms with Gasteiger partial charge in [-0.25, -0.2) is 0 Å². The number of benzene rings is 1. The highest BCUT2D eigenvalue weighted by atomic mass is 16.5. The Balaban J connectivity index is 1.96. The fourth-order valence-corrected chi connectivity index (χ4v) is 3.22. The monoisotopic (exact) mass is 374 g/mol. The van der Waals surface area contributed by atoms with Crippen LogP contribution in [0, 0.1) is 12.8 Å². The van der Waals surface area contributed by atoms with Gasteiger partial charge in [0, 0.05) is 52.7 Å². The van der Waals surface area contributed by atoms with Crippen molar-refractivity contribution in [3.8, 4) is 0 Å². The third-order valence-corrected chi connectivity index (χ3v) is 4.81. The summed E-state index contributed by atoms with van der Waals surface area (Å²) in [7, 11) is 3.55. The van der Waals surface area contributed by atoms with Gasteiger partial charge in [0.15, 0.2) is 5.96 Å². The first kappa shape index (κ1) is 21.2. The number of carbonyl (C=O) groups excluding carboxylic acids is 1. The second kappa shape index (κ2) is 10.9. The van der Waals surface area contributed by atoms with Crippen LogP contribution >= 0.6 is 0 Å². The fourth-order valence-electron chi connectivity index (χ4n) is 3.22. The van der Waals surface area contributed by atoms with E-state index in [4.69, 9.17) is 9.73 Å². The summed E-state index contributed by atoms with van der Waals surface area (Å²) in [4.78, 5) is 18.1. The summed E-state index contributed by atoms with van der Waals surface area (Å²) in [5, 5.41) is 6.52. The molecule has 1 aliphatic rings. The summed E-state index contributed by atoms with van der Waals surface area (Å²) in [6.45, 7) is 7.02. The molecule has 1 saturated heterocycles. The molecule has 0 saturated carbocycles. The number of amides is 1. The molecule has 1 fully saturated rings. The van der Waals surface area contributed by atoms with E-state index in [1.54, 1.807) is 19.0 Å². The molecule has 0 aromatic heterocycles. The van der Waals surface area contributed by atoms with Gasteiger partial charge in [-0.3, -0.25) is 9.79 Å². The van der Waals surface area contributed by atoms with Crippen molar-refractivity contribution in [3.05, 3.63) is 35.4 Å². The van der Waals surface area contributed by atoms with E-state index in [2.05, 4.69) is 41.8 Å². The minimum atomic E-state index is 0.0984. The number of hydrogen-bond acceptors (Lipinski definition) is 3. The molecule has 0 radical (unpaired) electrons. The lowest BCUT2D eigenvalue weighted by Gasteiger charge is -2.31. The van der Waals surface area contributed by atoms with Crippen LogP contribution < -0.4 is 10.6 Å². The molecule has 1 aliphatic heterocycles. The normalized spacial score (nSPS) is 20.2. The Bertz CT molecular complexity index is 613. The molecular formula is C21H34N4O2. The third-order valence-electron chi connectivity index (χ3n) is 4.81. The van der Waals surface area contributed by atoms with Gasteiger partial charge in [0.05, 0.1) is 6.10 Å². The summed E-state index contributed by atoms with van der Waals surface area (Å²) in [6, 6.07) is 8.61. The first-order valence-electron chi connectivity index (χ1n) is 9.91. The van der Waals surface area contributed by atoms with Crippen molar-refractivity contribution in [1.82, 2.24) is 15.5 Å². The Kier molecular flexibility index (Phi) is 8.58. The van der Waals surface area contributed by atoms with Gasteiger partial charge in [0.1, 0.15) is 0 Å². The molecule has 1 amide bonds. The van der Waals surface area contributed by atoms with E-state index in [-0.39, 0.29) is 12.0 Å². The van der Waals surface area contributed by atoms with E-state index in [9.17, 15) is 4.79 Å². The maximum atomic E-state index is 11.7. The fraction of sp³-hybridized carbons (Fsp3) is 0.619. The van der Waals surface area contributed by atoms with Crippen LogP contribution in [0.1, 0.15) is 43.4 Å². The topological polar surface area (TPSA) is 66.0 Å². The zero-order valence-corrected chi connectivity index (χ0v) is 17.1. The highest BCUT2D eigenvalue weighted by molar-refractivity contribution is 5.81. The van der Waals surface area contributed by atoms with E-state index >= 15 is 0 Å². The number of ether oxygens (including phenoxy) is 1. The number of carbonyl (C=O) groups is 1. The van der Waals surface area contributed by atoms with Crippen molar-refractivity contribution in [2.75, 3.05) is 40.3 Å². The number of nitrogens with zero attached hydrogens (tertiary/aromatic N) is 2. The van der Waals surface area contributed by atoms with Crippen LogP contribution in [-0.2, 0) is 9.53 Å². The molecule has 0 spiro atoms. The molecular weight excluding hydrogens is 340 g/mol. The van der Waals surface area contributed by atoms with Crippen LogP contribution in [0.2, 0.25) is 0 Å². The largest absolute Gasteiger partial charge is 0.373 e. The molecule has 2 atom stereocenters. The zero-order chi connectivity index (χ0) is 19.6. The van der Waals surface area contributed by atoms with Crippen molar-refractivity contribution >= 4 is 11.9 Å². The average molecular weight is 375 g/mol. The predicted molar refractivity (Wildman–Crippen MR) is 110 cm³/mol. The van der Waals surface area contributed by atoms with Gasteiger partial charge in [-0.2, -0.15) is 0 Å². The molecule has 6 heteroatoms. The molecule has 6 nitrogen and oxygen atoms in total. The van der Waals surface area contributed by atoms with Crippen LogP contribution in [-0.4, -0.2) is 57.1 Å². The quantitative estimate of drug-likeness (QED) is 0.568. The first-order valence-corrected chi connectivity index (χ1v) is 9.91. The molecule has 2 unspecified atom stereocenters. The Morgan fingerprint density at radius 3 is 2.67 bits per heavy atom. The van der Waals surface area contributed by atoms with Gasteiger partial charge in [-0.05, 0) is 32.3 Å². The lowest BCUT2D eigenvalue weighted by atomic mass is 9.89. The van der Waals surface area contributed by atoms with Crippen molar-refractivity contribution < 1.29 is 9.53 Å². The summed E-state index contributed by atoms with van der Waals surface area (Å²) in [5.41, 5.74) is 2.49. The number of hydrogen-bond donors (Lipinski definition) is 2. The van der Waals surface area contributed by atoms with E-state index in [0.29, 0.717) is 25.4 Å². The van der Waals surface area contributed by atoms with Crippen molar-refractivity contribution in [2.24, 2.45) is 10.9 Å². The van der Waals surface area contributed by atoms with E-state index < -0.39 is 0 Å². The van der Waals surface area contributed by atoms with Gasteiger partial charge in [-0.1, -0.05) is 29.8 Å². The molecule has 27 heavy (non-hydrogen) atoms. The van der Waals surface area contributed by atoms with Crippen LogP contribution in [0.15, 0.2) is 29.3 Å². The summed E-state index contributed by atoms with van der Waals surface area (Å²) in [6.07, 6.45) is 2.74. The highest BCUT2D eigenvalue weighted by Crippen LogP contribution is 2.33. The standard InChI is InChI=1S/C21H34N4O2/c1-5-22-21(23-13-12-19(26)25(3)4)24-15-18-7-6-14-27-20(18)17-10-8-16(2)9-11-17/h8-11,18,20H,5-7,12-15H2,1-4H3,(H2,22,23,24). The van der Waals surface area contributed by atoms with Gasteiger partial charge in [0.25, 0.3) is 0 Å². The molecule has 1 aromatic carbocycles. The number of nitrogens with one attached hydrogen (secondary N) is 2. The molecule has 0 bridgehead atoms. The summed E-state index contributed by atoms with van der Waals surface area (Å²) >= 11 is 0. The Hall–Kier alpha value is -2.08. The van der Waals surface area contributed by atoms with E-state index in [1.807, 2.05) is 6.92 Å². The first-order chi connectivity index (χ1) is 13.0. The van der Waals surface area contributed by atoms with Gasteiger partial charge < -0.3 is 20.3 Å².